The smallest absolute Gasteiger partial charge is 0.408 e. The standard InChI is InChI=1S/C31H42ClN3O5/c1-7-9-10-11-18-35(29(38)25(20-36)33-30(39)40-31(4,5)6)27(23-16-13-15-22(8-2)19-23)28(37)34-26-21(3)14-12-17-24(26)32/h8,12-17,19,25,27,36H,2,7,9-11,18,20H2,1,3-6H3,(H,33,39)(H,34,37). The van der Waals surface area contributed by atoms with Crippen LogP contribution in [0.25, 0.3) is 6.08 Å². The number of hydrogen-bond donors (Lipinski definition) is 3. The van der Waals surface area contributed by atoms with Crippen molar-refractivity contribution in [2.45, 2.75) is 78.0 Å². The lowest BCUT2D eigenvalue weighted by Crippen LogP contribution is -2.54. The first kappa shape index (κ1) is 32.8. The van der Waals surface area contributed by atoms with E-state index in [0.29, 0.717) is 22.7 Å². The number of unbranched alkanes of at least 4 members (excludes halogenated alkanes) is 3. The van der Waals surface area contributed by atoms with Crippen molar-refractivity contribution in [3.63, 3.8) is 0 Å². The Kier molecular flexibility index (Phi) is 12.7. The molecule has 2 atom stereocenters. The molecule has 0 fully saturated rings. The van der Waals surface area contributed by atoms with Crippen LogP contribution in [0.1, 0.15) is 76.1 Å². The molecule has 0 aromatic heterocycles. The fraction of sp³-hybridized carbons (Fsp3) is 0.452. The van der Waals surface area contributed by atoms with Gasteiger partial charge in [-0.1, -0.05) is 80.8 Å². The first-order chi connectivity index (χ1) is 18.9. The summed E-state index contributed by atoms with van der Waals surface area (Å²) in [7, 11) is 0. The number of hydrogen-bond acceptors (Lipinski definition) is 5. The Morgan fingerprint density at radius 1 is 1.12 bits per heavy atom. The third kappa shape index (κ3) is 9.68. The van der Waals surface area contributed by atoms with Crippen LogP contribution in [0, 0.1) is 6.92 Å². The van der Waals surface area contributed by atoms with Crippen molar-refractivity contribution in [1.29, 1.82) is 0 Å². The molecule has 0 aliphatic carbocycles. The van der Waals surface area contributed by atoms with Crippen LogP contribution >= 0.6 is 11.6 Å². The molecule has 218 valence electrons. The summed E-state index contributed by atoms with van der Waals surface area (Å²) in [4.78, 5) is 41.9. The highest BCUT2D eigenvalue weighted by Gasteiger charge is 2.36. The fourth-order valence-corrected chi connectivity index (χ4v) is 4.49. The van der Waals surface area contributed by atoms with Crippen molar-refractivity contribution < 1.29 is 24.2 Å². The number of halogens is 1. The van der Waals surface area contributed by atoms with E-state index in [0.717, 1.165) is 30.4 Å². The number of aliphatic hydroxyl groups is 1. The van der Waals surface area contributed by atoms with Crippen LogP contribution in [0.2, 0.25) is 5.02 Å². The van der Waals surface area contributed by atoms with Crippen LogP contribution in [0.4, 0.5) is 10.5 Å². The Balaban J connectivity index is 2.56. The van der Waals surface area contributed by atoms with E-state index in [9.17, 15) is 19.5 Å². The van der Waals surface area contributed by atoms with Crippen molar-refractivity contribution in [1.82, 2.24) is 10.2 Å². The van der Waals surface area contributed by atoms with E-state index in [-0.39, 0.29) is 6.54 Å². The van der Waals surface area contributed by atoms with Gasteiger partial charge in [0.05, 0.1) is 17.3 Å². The van der Waals surface area contributed by atoms with Crippen LogP contribution in [0.5, 0.6) is 0 Å². The van der Waals surface area contributed by atoms with Gasteiger partial charge in [0.15, 0.2) is 0 Å². The van der Waals surface area contributed by atoms with Gasteiger partial charge in [0, 0.05) is 6.54 Å². The van der Waals surface area contributed by atoms with Gasteiger partial charge in [-0.2, -0.15) is 0 Å². The zero-order valence-electron chi connectivity index (χ0n) is 24.1. The van der Waals surface area contributed by atoms with Crippen LogP contribution in [0.15, 0.2) is 49.0 Å². The van der Waals surface area contributed by atoms with E-state index in [4.69, 9.17) is 16.3 Å². The van der Waals surface area contributed by atoms with Gasteiger partial charge in [0.2, 0.25) is 5.91 Å². The predicted molar refractivity (Wildman–Crippen MR) is 160 cm³/mol. The first-order valence-corrected chi connectivity index (χ1v) is 14.0. The first-order valence-electron chi connectivity index (χ1n) is 13.6. The number of para-hydroxylation sites is 1. The number of aliphatic hydroxyl groups excluding tert-OH is 1. The Labute approximate surface area is 242 Å². The van der Waals surface area contributed by atoms with Crippen LogP contribution in [0.3, 0.4) is 0 Å². The van der Waals surface area contributed by atoms with Crippen LogP contribution in [-0.2, 0) is 14.3 Å². The number of amides is 3. The second kappa shape index (κ2) is 15.4. The summed E-state index contributed by atoms with van der Waals surface area (Å²) in [6.07, 6.45) is 4.24. The van der Waals surface area contributed by atoms with Gasteiger partial charge in [-0.25, -0.2) is 4.79 Å². The minimum atomic E-state index is -1.32. The van der Waals surface area contributed by atoms with E-state index in [2.05, 4.69) is 24.1 Å². The Bertz CT molecular complexity index is 1160. The summed E-state index contributed by atoms with van der Waals surface area (Å²) in [5, 5.41) is 15.9. The van der Waals surface area contributed by atoms with Gasteiger partial charge >= 0.3 is 6.09 Å². The van der Waals surface area contributed by atoms with Crippen molar-refractivity contribution in [2.75, 3.05) is 18.5 Å². The van der Waals surface area contributed by atoms with Gasteiger partial charge in [-0.15, -0.1) is 0 Å². The number of ether oxygens (including phenoxy) is 1. The lowest BCUT2D eigenvalue weighted by molar-refractivity contribution is -0.141. The quantitative estimate of drug-likeness (QED) is 0.246. The molecule has 0 bridgehead atoms. The molecule has 3 amide bonds. The molecule has 3 N–H and O–H groups in total. The molecule has 9 heteroatoms. The van der Waals surface area contributed by atoms with Crippen molar-refractivity contribution in [2.24, 2.45) is 0 Å². The number of carbonyl (C=O) groups excluding carboxylic acids is 3. The minimum Gasteiger partial charge on any atom is -0.444 e. The minimum absolute atomic E-state index is 0.225. The summed E-state index contributed by atoms with van der Waals surface area (Å²) >= 11 is 6.41. The van der Waals surface area contributed by atoms with Gasteiger partial charge in [0.25, 0.3) is 5.91 Å². The third-order valence-corrected chi connectivity index (χ3v) is 6.51. The van der Waals surface area contributed by atoms with Gasteiger partial charge < -0.3 is 25.4 Å². The Morgan fingerprint density at radius 2 is 1.82 bits per heavy atom. The number of nitrogens with zero attached hydrogens (tertiary/aromatic N) is 1. The van der Waals surface area contributed by atoms with Crippen molar-refractivity contribution in [3.8, 4) is 0 Å². The maximum Gasteiger partial charge on any atom is 0.408 e. The van der Waals surface area contributed by atoms with Crippen molar-refractivity contribution >= 4 is 41.3 Å². The molecule has 2 aromatic rings. The topological polar surface area (TPSA) is 108 Å². The highest BCUT2D eigenvalue weighted by molar-refractivity contribution is 6.34. The number of alkyl carbamates (subject to hydrolysis) is 1. The Morgan fingerprint density at radius 3 is 2.42 bits per heavy atom. The number of benzene rings is 2. The van der Waals surface area contributed by atoms with E-state index in [1.165, 1.54) is 4.90 Å². The zero-order chi connectivity index (χ0) is 29.9. The van der Waals surface area contributed by atoms with Crippen molar-refractivity contribution in [3.05, 3.63) is 70.8 Å². The molecule has 2 rings (SSSR count). The molecular formula is C31H42ClN3O5. The third-order valence-electron chi connectivity index (χ3n) is 6.20. The predicted octanol–water partition coefficient (Wildman–Crippen LogP) is 6.27. The van der Waals surface area contributed by atoms with E-state index in [1.807, 2.05) is 19.1 Å². The monoisotopic (exact) mass is 571 g/mol. The number of nitrogens with one attached hydrogen (secondary N) is 2. The molecule has 0 aliphatic heterocycles. The zero-order valence-corrected chi connectivity index (χ0v) is 24.9. The molecule has 0 saturated carbocycles. The average Bonchev–Trinajstić information content (AvgIpc) is 2.89. The largest absolute Gasteiger partial charge is 0.444 e. The van der Waals surface area contributed by atoms with E-state index < -0.39 is 42.2 Å². The summed E-state index contributed by atoms with van der Waals surface area (Å²) in [5.41, 5.74) is 1.74. The second-order valence-corrected chi connectivity index (χ2v) is 11.1. The molecule has 0 saturated heterocycles. The van der Waals surface area contributed by atoms with Crippen LogP contribution < -0.4 is 10.6 Å². The summed E-state index contributed by atoms with van der Waals surface area (Å²) in [6.45, 7) is 12.4. The van der Waals surface area contributed by atoms with Gasteiger partial charge in [-0.05, 0) is 62.9 Å². The van der Waals surface area contributed by atoms with Gasteiger partial charge in [0.1, 0.15) is 17.7 Å². The molecule has 40 heavy (non-hydrogen) atoms. The number of carbonyl (C=O) groups is 3. The van der Waals surface area contributed by atoms with E-state index >= 15 is 0 Å². The second-order valence-electron chi connectivity index (χ2n) is 10.7. The summed E-state index contributed by atoms with van der Waals surface area (Å²) in [5.74, 6) is -1.08. The molecule has 2 unspecified atom stereocenters. The number of anilines is 1. The lowest BCUT2D eigenvalue weighted by atomic mass is 9.99. The van der Waals surface area contributed by atoms with Crippen LogP contribution in [-0.4, -0.2) is 52.7 Å². The molecular weight excluding hydrogens is 530 g/mol. The molecule has 0 radical (unpaired) electrons. The number of rotatable bonds is 13. The lowest BCUT2D eigenvalue weighted by Gasteiger charge is -2.34. The Hall–Kier alpha value is -3.36. The average molecular weight is 572 g/mol. The molecule has 2 aromatic carbocycles. The van der Waals surface area contributed by atoms with Gasteiger partial charge in [-0.3, -0.25) is 9.59 Å². The highest BCUT2D eigenvalue weighted by atomic mass is 35.5. The molecule has 0 heterocycles. The van der Waals surface area contributed by atoms with E-state index in [1.54, 1.807) is 57.2 Å². The maximum atomic E-state index is 14.0. The molecule has 0 spiro atoms. The summed E-state index contributed by atoms with van der Waals surface area (Å²) < 4.78 is 5.30. The highest BCUT2D eigenvalue weighted by Crippen LogP contribution is 2.30. The molecule has 8 nitrogen and oxygen atoms in total. The summed E-state index contributed by atoms with van der Waals surface area (Å²) in [6, 6.07) is 10.1. The SMILES string of the molecule is C=Cc1cccc(C(C(=O)Nc2c(C)cccc2Cl)N(CCCCCC)C(=O)C(CO)NC(=O)OC(C)(C)C)c1. The molecule has 0 aliphatic rings. The normalized spacial score (nSPS) is 12.7. The fourth-order valence-electron chi connectivity index (χ4n) is 4.22. The number of aryl methyl sites for hydroxylation is 1. The maximum absolute atomic E-state index is 14.0.